The number of rotatable bonds is 5. The van der Waals surface area contributed by atoms with E-state index in [9.17, 15) is 4.79 Å². The van der Waals surface area contributed by atoms with Gasteiger partial charge in [0.15, 0.2) is 0 Å². The monoisotopic (exact) mass is 314 g/mol. The molecule has 1 unspecified atom stereocenters. The van der Waals surface area contributed by atoms with E-state index >= 15 is 0 Å². The number of nitrogens with two attached hydrogens (primary N) is 1. The fraction of sp³-hybridized carbons (Fsp3) is 0.533. The van der Waals surface area contributed by atoms with Crippen molar-refractivity contribution >= 4 is 30.1 Å². The molecule has 0 aliphatic carbocycles. The molecule has 1 atom stereocenters. The van der Waals surface area contributed by atoms with Crippen molar-refractivity contribution in [2.75, 3.05) is 24.6 Å². The molecule has 0 radical (unpaired) electrons. The van der Waals surface area contributed by atoms with Crippen LogP contribution in [0.4, 0.5) is 0 Å². The SMILES string of the molecule is Cl.NCC(C(=O)NCC1CCSCC1)c1ccccc1. The van der Waals surface area contributed by atoms with Gasteiger partial charge in [-0.1, -0.05) is 30.3 Å². The summed E-state index contributed by atoms with van der Waals surface area (Å²) in [5.74, 6) is 2.92. The minimum atomic E-state index is -0.223. The van der Waals surface area contributed by atoms with E-state index in [1.165, 1.54) is 24.3 Å². The third kappa shape index (κ3) is 5.00. The average Bonchev–Trinajstić information content (AvgIpc) is 2.48. The summed E-state index contributed by atoms with van der Waals surface area (Å²) in [7, 11) is 0. The molecule has 3 N–H and O–H groups in total. The fourth-order valence-electron chi connectivity index (χ4n) is 2.40. The van der Waals surface area contributed by atoms with Crippen molar-refractivity contribution in [1.82, 2.24) is 5.32 Å². The molecule has 1 aliphatic heterocycles. The van der Waals surface area contributed by atoms with Crippen molar-refractivity contribution in [2.24, 2.45) is 11.7 Å². The van der Waals surface area contributed by atoms with Crippen molar-refractivity contribution < 1.29 is 4.79 Å². The van der Waals surface area contributed by atoms with Crippen LogP contribution in [0.1, 0.15) is 24.3 Å². The molecule has 1 fully saturated rings. The molecule has 20 heavy (non-hydrogen) atoms. The third-order valence-electron chi connectivity index (χ3n) is 3.66. The van der Waals surface area contributed by atoms with Gasteiger partial charge in [0.2, 0.25) is 5.91 Å². The highest BCUT2D eigenvalue weighted by Crippen LogP contribution is 2.22. The maximum absolute atomic E-state index is 12.2. The molecule has 0 aromatic heterocycles. The van der Waals surface area contributed by atoms with E-state index in [4.69, 9.17) is 5.73 Å². The lowest BCUT2D eigenvalue weighted by molar-refractivity contribution is -0.122. The van der Waals surface area contributed by atoms with Crippen molar-refractivity contribution in [2.45, 2.75) is 18.8 Å². The Morgan fingerprint density at radius 1 is 1.30 bits per heavy atom. The second-order valence-corrected chi connectivity index (χ2v) is 6.22. The van der Waals surface area contributed by atoms with Gasteiger partial charge in [-0.25, -0.2) is 0 Å². The van der Waals surface area contributed by atoms with E-state index in [0.29, 0.717) is 12.5 Å². The Morgan fingerprint density at radius 3 is 2.55 bits per heavy atom. The maximum Gasteiger partial charge on any atom is 0.228 e. The molecule has 5 heteroatoms. The van der Waals surface area contributed by atoms with Gasteiger partial charge < -0.3 is 11.1 Å². The number of benzene rings is 1. The van der Waals surface area contributed by atoms with Crippen molar-refractivity contribution in [1.29, 1.82) is 0 Å². The first-order chi connectivity index (χ1) is 9.31. The number of hydrogen-bond donors (Lipinski definition) is 2. The molecule has 1 heterocycles. The van der Waals surface area contributed by atoms with Crippen LogP contribution in [0.2, 0.25) is 0 Å². The van der Waals surface area contributed by atoms with E-state index < -0.39 is 0 Å². The summed E-state index contributed by atoms with van der Waals surface area (Å²) in [5.41, 5.74) is 6.75. The van der Waals surface area contributed by atoms with Gasteiger partial charge >= 0.3 is 0 Å². The van der Waals surface area contributed by atoms with Crippen LogP contribution < -0.4 is 11.1 Å². The van der Waals surface area contributed by atoms with E-state index in [1.54, 1.807) is 0 Å². The number of carbonyl (C=O) groups excluding carboxylic acids is 1. The minimum Gasteiger partial charge on any atom is -0.355 e. The molecule has 1 aromatic carbocycles. The second kappa shape index (κ2) is 9.27. The van der Waals surface area contributed by atoms with Crippen LogP contribution in [-0.4, -0.2) is 30.5 Å². The van der Waals surface area contributed by atoms with Crippen molar-refractivity contribution in [3.63, 3.8) is 0 Å². The first-order valence-electron chi connectivity index (χ1n) is 6.91. The quantitative estimate of drug-likeness (QED) is 0.877. The molecular formula is C15H23ClN2OS. The zero-order valence-corrected chi connectivity index (χ0v) is 13.2. The first-order valence-corrected chi connectivity index (χ1v) is 8.07. The van der Waals surface area contributed by atoms with E-state index in [-0.39, 0.29) is 24.2 Å². The average molecular weight is 315 g/mol. The summed E-state index contributed by atoms with van der Waals surface area (Å²) in [5, 5.41) is 3.07. The van der Waals surface area contributed by atoms with Gasteiger partial charge in [0.25, 0.3) is 0 Å². The Labute approximate surface area is 131 Å². The van der Waals surface area contributed by atoms with Gasteiger partial charge in [-0.05, 0) is 35.8 Å². The number of halogens is 1. The zero-order valence-electron chi connectivity index (χ0n) is 11.6. The summed E-state index contributed by atoms with van der Waals surface area (Å²) in [4.78, 5) is 12.2. The van der Waals surface area contributed by atoms with E-state index in [1.807, 2.05) is 42.1 Å². The zero-order chi connectivity index (χ0) is 13.5. The van der Waals surface area contributed by atoms with Gasteiger partial charge in [-0.2, -0.15) is 11.8 Å². The number of thioether (sulfide) groups is 1. The molecule has 2 rings (SSSR count). The molecule has 1 aliphatic rings. The summed E-state index contributed by atoms with van der Waals surface area (Å²) < 4.78 is 0. The van der Waals surface area contributed by atoms with Crippen LogP contribution in [0.5, 0.6) is 0 Å². The Morgan fingerprint density at radius 2 is 1.95 bits per heavy atom. The predicted octanol–water partition coefficient (Wildman–Crippen LogP) is 2.41. The summed E-state index contributed by atoms with van der Waals surface area (Å²) in [6.07, 6.45) is 2.42. The van der Waals surface area contributed by atoms with Crippen LogP contribution in [0.3, 0.4) is 0 Å². The van der Waals surface area contributed by atoms with E-state index in [0.717, 1.165) is 12.1 Å². The van der Waals surface area contributed by atoms with Gasteiger partial charge in [-0.15, -0.1) is 12.4 Å². The number of carbonyl (C=O) groups is 1. The van der Waals surface area contributed by atoms with Gasteiger partial charge in [0.1, 0.15) is 0 Å². The highest BCUT2D eigenvalue weighted by atomic mass is 35.5. The van der Waals surface area contributed by atoms with Crippen LogP contribution in [-0.2, 0) is 4.79 Å². The molecule has 1 amide bonds. The summed E-state index contributed by atoms with van der Waals surface area (Å²) in [6, 6.07) is 9.78. The van der Waals surface area contributed by atoms with Crippen LogP contribution >= 0.6 is 24.2 Å². The largest absolute Gasteiger partial charge is 0.355 e. The van der Waals surface area contributed by atoms with E-state index in [2.05, 4.69) is 5.32 Å². The lowest BCUT2D eigenvalue weighted by atomic mass is 9.97. The second-order valence-electron chi connectivity index (χ2n) is 5.00. The molecular weight excluding hydrogens is 292 g/mol. The first kappa shape index (κ1) is 17.3. The summed E-state index contributed by atoms with van der Waals surface area (Å²) in [6.45, 7) is 1.15. The molecule has 1 aromatic rings. The van der Waals surface area contributed by atoms with Gasteiger partial charge in [0.05, 0.1) is 5.92 Å². The number of hydrogen-bond acceptors (Lipinski definition) is 3. The number of nitrogens with one attached hydrogen (secondary N) is 1. The standard InChI is InChI=1S/C15H22N2OS.ClH/c16-10-14(13-4-2-1-3-5-13)15(18)17-11-12-6-8-19-9-7-12;/h1-5,12,14H,6-11,16H2,(H,17,18);1H. The maximum atomic E-state index is 12.2. The Bertz CT molecular complexity index is 396. The molecule has 1 saturated heterocycles. The predicted molar refractivity (Wildman–Crippen MR) is 88.5 cm³/mol. The minimum absolute atomic E-state index is 0. The lowest BCUT2D eigenvalue weighted by Crippen LogP contribution is -2.37. The highest BCUT2D eigenvalue weighted by Gasteiger charge is 2.20. The topological polar surface area (TPSA) is 55.1 Å². The molecule has 0 saturated carbocycles. The van der Waals surface area contributed by atoms with Crippen LogP contribution in [0.15, 0.2) is 30.3 Å². The molecule has 3 nitrogen and oxygen atoms in total. The Hall–Kier alpha value is -0.710. The Kier molecular flexibility index (Phi) is 8.04. The van der Waals surface area contributed by atoms with Gasteiger partial charge in [-0.3, -0.25) is 4.79 Å². The highest BCUT2D eigenvalue weighted by molar-refractivity contribution is 7.99. The summed E-state index contributed by atoms with van der Waals surface area (Å²) >= 11 is 2.01. The number of amides is 1. The molecule has 0 bridgehead atoms. The fourth-order valence-corrected chi connectivity index (χ4v) is 3.60. The third-order valence-corrected chi connectivity index (χ3v) is 4.71. The smallest absolute Gasteiger partial charge is 0.228 e. The van der Waals surface area contributed by atoms with Crippen molar-refractivity contribution in [3.05, 3.63) is 35.9 Å². The molecule has 112 valence electrons. The van der Waals surface area contributed by atoms with Crippen LogP contribution in [0, 0.1) is 5.92 Å². The normalized spacial score (nSPS) is 17.1. The van der Waals surface area contributed by atoms with Crippen molar-refractivity contribution in [3.8, 4) is 0 Å². The lowest BCUT2D eigenvalue weighted by Gasteiger charge is -2.23. The van der Waals surface area contributed by atoms with Crippen LogP contribution in [0.25, 0.3) is 0 Å². The molecule has 0 spiro atoms. The van der Waals surface area contributed by atoms with Gasteiger partial charge in [0, 0.05) is 13.1 Å². The Balaban J connectivity index is 0.00000200.